The first-order valence-corrected chi connectivity index (χ1v) is 9.49. The second kappa shape index (κ2) is 6.51. The van der Waals surface area contributed by atoms with Crippen LogP contribution in [0.15, 0.2) is 17.5 Å². The van der Waals surface area contributed by atoms with Crippen LogP contribution in [-0.2, 0) is 20.9 Å². The van der Waals surface area contributed by atoms with Gasteiger partial charge >= 0.3 is 0 Å². The van der Waals surface area contributed by atoms with Gasteiger partial charge in [0, 0.05) is 24.5 Å². The van der Waals surface area contributed by atoms with Crippen molar-refractivity contribution in [3.8, 4) is 0 Å². The predicted molar refractivity (Wildman–Crippen MR) is 88.0 cm³/mol. The average Bonchev–Trinajstić information content (AvgIpc) is 3.31. The highest BCUT2D eigenvalue weighted by Crippen LogP contribution is 2.40. The number of likely N-dealkylation sites (tertiary alicyclic amines) is 1. The molecule has 0 aliphatic carbocycles. The minimum Gasteiger partial charge on any atom is -0.362 e. The zero-order chi connectivity index (χ0) is 15.7. The van der Waals surface area contributed by atoms with Gasteiger partial charge in [-0.2, -0.15) is 0 Å². The largest absolute Gasteiger partial charge is 0.362 e. The summed E-state index contributed by atoms with van der Waals surface area (Å²) in [5.74, 6) is 0.0281. The van der Waals surface area contributed by atoms with Crippen molar-refractivity contribution in [3.63, 3.8) is 0 Å². The third-order valence-electron chi connectivity index (χ3n) is 5.26. The highest BCUT2D eigenvalue weighted by atomic mass is 32.1. The van der Waals surface area contributed by atoms with Crippen LogP contribution in [0.5, 0.6) is 0 Å². The number of hydrogen-bond acceptors (Lipinski definition) is 5. The number of thiophene rings is 1. The molecule has 3 saturated heterocycles. The van der Waals surface area contributed by atoms with Crippen molar-refractivity contribution in [1.82, 2.24) is 9.96 Å². The van der Waals surface area contributed by atoms with E-state index < -0.39 is 0 Å². The van der Waals surface area contributed by atoms with Crippen molar-refractivity contribution in [1.29, 1.82) is 0 Å². The maximum atomic E-state index is 12.4. The Morgan fingerprint density at radius 3 is 2.87 bits per heavy atom. The molecule has 0 radical (unpaired) electrons. The van der Waals surface area contributed by atoms with Crippen molar-refractivity contribution in [2.45, 2.75) is 50.4 Å². The van der Waals surface area contributed by atoms with Crippen LogP contribution in [0.2, 0.25) is 0 Å². The van der Waals surface area contributed by atoms with E-state index in [9.17, 15) is 4.79 Å². The Morgan fingerprint density at radius 2 is 2.17 bits per heavy atom. The van der Waals surface area contributed by atoms with Crippen LogP contribution < -0.4 is 0 Å². The van der Waals surface area contributed by atoms with E-state index in [1.54, 1.807) is 0 Å². The van der Waals surface area contributed by atoms with Gasteiger partial charge in [0.15, 0.2) is 0 Å². The molecule has 0 bridgehead atoms. The van der Waals surface area contributed by atoms with Crippen LogP contribution >= 0.6 is 11.3 Å². The topological polar surface area (TPSA) is 42.0 Å². The van der Waals surface area contributed by atoms with Gasteiger partial charge in [-0.15, -0.1) is 11.3 Å². The van der Waals surface area contributed by atoms with Crippen molar-refractivity contribution in [2.24, 2.45) is 0 Å². The average molecular weight is 336 g/mol. The normalized spacial score (nSPS) is 27.8. The maximum absolute atomic E-state index is 12.4. The van der Waals surface area contributed by atoms with Crippen LogP contribution in [0.4, 0.5) is 0 Å². The van der Waals surface area contributed by atoms with Gasteiger partial charge < -0.3 is 4.74 Å². The SMILES string of the molecule is O=C([C@H]1CCC2(CCN(Cc3cccs3)CC2)O1)N1CCCO1. The van der Waals surface area contributed by atoms with E-state index in [1.807, 2.05) is 11.3 Å². The first-order valence-electron chi connectivity index (χ1n) is 8.61. The van der Waals surface area contributed by atoms with Crippen molar-refractivity contribution in [3.05, 3.63) is 22.4 Å². The number of nitrogens with zero attached hydrogens (tertiary/aromatic N) is 2. The summed E-state index contributed by atoms with van der Waals surface area (Å²) in [6, 6.07) is 4.31. The highest BCUT2D eigenvalue weighted by Gasteiger charge is 2.46. The molecule has 5 nitrogen and oxygen atoms in total. The molecular weight excluding hydrogens is 312 g/mol. The third kappa shape index (κ3) is 3.31. The molecular formula is C17H24N2O3S. The summed E-state index contributed by atoms with van der Waals surface area (Å²) in [6.45, 7) is 4.51. The zero-order valence-corrected chi connectivity index (χ0v) is 14.2. The molecule has 4 rings (SSSR count). The lowest BCUT2D eigenvalue weighted by Gasteiger charge is -2.39. The fourth-order valence-corrected chi connectivity index (χ4v) is 4.63. The number of amides is 1. The number of rotatable bonds is 3. The summed E-state index contributed by atoms with van der Waals surface area (Å²) >= 11 is 1.82. The molecule has 6 heteroatoms. The molecule has 23 heavy (non-hydrogen) atoms. The first kappa shape index (κ1) is 15.6. The van der Waals surface area contributed by atoms with Gasteiger partial charge in [-0.3, -0.25) is 14.5 Å². The third-order valence-corrected chi connectivity index (χ3v) is 6.12. The van der Waals surface area contributed by atoms with Gasteiger partial charge in [-0.1, -0.05) is 6.07 Å². The standard InChI is InChI=1S/C17H24N2O3S/c20-16(19-8-2-11-21-19)15-4-5-17(22-15)6-9-18(10-7-17)13-14-3-1-12-23-14/h1,3,12,15H,2,4-11,13H2/t15-/m1/s1. The lowest BCUT2D eigenvalue weighted by atomic mass is 9.88. The molecule has 1 atom stereocenters. The first-order chi connectivity index (χ1) is 11.2. The fourth-order valence-electron chi connectivity index (χ4n) is 3.88. The van der Waals surface area contributed by atoms with Crippen LogP contribution in [-0.4, -0.2) is 53.8 Å². The maximum Gasteiger partial charge on any atom is 0.275 e. The van der Waals surface area contributed by atoms with Gasteiger partial charge in [0.05, 0.1) is 18.8 Å². The monoisotopic (exact) mass is 336 g/mol. The Bertz CT molecular complexity index is 534. The van der Waals surface area contributed by atoms with E-state index >= 15 is 0 Å². The van der Waals surface area contributed by atoms with Crippen LogP contribution in [0, 0.1) is 0 Å². The zero-order valence-electron chi connectivity index (χ0n) is 13.4. The highest BCUT2D eigenvalue weighted by molar-refractivity contribution is 7.09. The van der Waals surface area contributed by atoms with E-state index in [0.29, 0.717) is 13.2 Å². The number of hydroxylamine groups is 2. The van der Waals surface area contributed by atoms with E-state index in [2.05, 4.69) is 22.4 Å². The van der Waals surface area contributed by atoms with Crippen molar-refractivity contribution >= 4 is 17.2 Å². The predicted octanol–water partition coefficient (Wildman–Crippen LogP) is 2.43. The Labute approximate surface area is 141 Å². The molecule has 1 spiro atoms. The minimum absolute atomic E-state index is 0.0281. The van der Waals surface area contributed by atoms with Crippen molar-refractivity contribution < 1.29 is 14.4 Å². The molecule has 3 aliphatic heterocycles. The number of carbonyl (C=O) groups excluding carboxylic acids is 1. The summed E-state index contributed by atoms with van der Waals surface area (Å²) in [6.07, 6.45) is 4.54. The minimum atomic E-state index is -0.294. The second-order valence-electron chi connectivity index (χ2n) is 6.81. The van der Waals surface area contributed by atoms with Gasteiger partial charge in [0.1, 0.15) is 6.10 Å². The van der Waals surface area contributed by atoms with Crippen LogP contribution in [0.3, 0.4) is 0 Å². The fraction of sp³-hybridized carbons (Fsp3) is 0.706. The molecule has 4 heterocycles. The molecule has 0 aromatic carbocycles. The Balaban J connectivity index is 1.30. The molecule has 0 saturated carbocycles. The molecule has 3 aliphatic rings. The Morgan fingerprint density at radius 1 is 1.30 bits per heavy atom. The van der Waals surface area contributed by atoms with Gasteiger partial charge in [-0.25, -0.2) is 5.06 Å². The molecule has 1 aromatic rings. The van der Waals surface area contributed by atoms with Gasteiger partial charge in [0.25, 0.3) is 5.91 Å². The van der Waals surface area contributed by atoms with Crippen molar-refractivity contribution in [2.75, 3.05) is 26.2 Å². The number of piperidine rings is 1. The Kier molecular flexibility index (Phi) is 4.41. The number of carbonyl (C=O) groups is 1. The number of hydrogen-bond donors (Lipinski definition) is 0. The van der Waals surface area contributed by atoms with E-state index in [-0.39, 0.29) is 17.6 Å². The lowest BCUT2D eigenvalue weighted by molar-refractivity contribution is -0.185. The second-order valence-corrected chi connectivity index (χ2v) is 7.84. The van der Waals surface area contributed by atoms with Gasteiger partial charge in [-0.05, 0) is 43.6 Å². The summed E-state index contributed by atoms with van der Waals surface area (Å²) in [4.78, 5) is 21.7. The summed E-state index contributed by atoms with van der Waals surface area (Å²) in [5, 5.41) is 3.65. The van der Waals surface area contributed by atoms with Gasteiger partial charge in [0.2, 0.25) is 0 Å². The van der Waals surface area contributed by atoms with E-state index in [0.717, 1.165) is 51.7 Å². The van der Waals surface area contributed by atoms with E-state index in [4.69, 9.17) is 9.57 Å². The molecule has 0 unspecified atom stereocenters. The Hall–Kier alpha value is -0.950. The smallest absolute Gasteiger partial charge is 0.275 e. The summed E-state index contributed by atoms with van der Waals surface area (Å²) in [7, 11) is 0. The lowest BCUT2D eigenvalue weighted by Crippen LogP contribution is -2.45. The molecule has 1 aromatic heterocycles. The number of ether oxygens (including phenoxy) is 1. The molecule has 126 valence electrons. The summed E-state index contributed by atoms with van der Waals surface area (Å²) < 4.78 is 6.25. The molecule has 0 N–H and O–H groups in total. The van der Waals surface area contributed by atoms with Crippen LogP contribution in [0.25, 0.3) is 0 Å². The molecule has 1 amide bonds. The van der Waals surface area contributed by atoms with E-state index in [1.165, 1.54) is 9.94 Å². The summed E-state index contributed by atoms with van der Waals surface area (Å²) in [5.41, 5.74) is -0.0774. The quantitative estimate of drug-likeness (QED) is 0.850. The molecule has 3 fully saturated rings. The van der Waals surface area contributed by atoms with Crippen LogP contribution in [0.1, 0.15) is 37.0 Å².